The maximum absolute atomic E-state index is 12.0. The Bertz CT molecular complexity index is 940. The van der Waals surface area contributed by atoms with Gasteiger partial charge < -0.3 is 10.1 Å². The highest BCUT2D eigenvalue weighted by Crippen LogP contribution is 2.26. The van der Waals surface area contributed by atoms with Gasteiger partial charge in [0.1, 0.15) is 5.65 Å². The van der Waals surface area contributed by atoms with Gasteiger partial charge in [0.15, 0.2) is 0 Å². The summed E-state index contributed by atoms with van der Waals surface area (Å²) >= 11 is 0. The molecule has 3 aromatic rings. The highest BCUT2D eigenvalue weighted by atomic mass is 16.5. The van der Waals surface area contributed by atoms with Gasteiger partial charge in [-0.1, -0.05) is 29.8 Å². The number of methoxy groups -OCH3 is 1. The highest BCUT2D eigenvalue weighted by molar-refractivity contribution is 5.92. The van der Waals surface area contributed by atoms with E-state index in [0.29, 0.717) is 13.2 Å². The summed E-state index contributed by atoms with van der Waals surface area (Å²) in [6.07, 6.45) is 5.33. The molecule has 0 spiro atoms. The molecule has 3 rings (SSSR count). The first-order chi connectivity index (χ1) is 12.6. The van der Waals surface area contributed by atoms with Crippen molar-refractivity contribution in [2.75, 3.05) is 20.3 Å². The lowest BCUT2D eigenvalue weighted by molar-refractivity contribution is -0.116. The second-order valence-corrected chi connectivity index (χ2v) is 6.26. The Labute approximate surface area is 153 Å². The van der Waals surface area contributed by atoms with Crippen molar-refractivity contribution in [1.29, 1.82) is 0 Å². The minimum absolute atomic E-state index is 0.154. The molecule has 0 atom stereocenters. The van der Waals surface area contributed by atoms with Crippen LogP contribution in [-0.2, 0) is 9.53 Å². The van der Waals surface area contributed by atoms with E-state index in [9.17, 15) is 4.79 Å². The SMILES string of the molecule is COCCNC(=O)/C=C/c1c(-c2ccc(C)cc2)nc2cc(C)ccn12. The number of nitrogens with zero attached hydrogens (tertiary/aromatic N) is 2. The molecule has 1 aromatic carbocycles. The number of hydrogen-bond acceptors (Lipinski definition) is 3. The van der Waals surface area contributed by atoms with Crippen LogP contribution in [0.2, 0.25) is 0 Å². The fourth-order valence-electron chi connectivity index (χ4n) is 2.74. The zero-order valence-electron chi connectivity index (χ0n) is 15.3. The number of ether oxygens (including phenoxy) is 1. The summed E-state index contributed by atoms with van der Waals surface area (Å²) in [7, 11) is 1.61. The van der Waals surface area contributed by atoms with Gasteiger partial charge in [-0.05, 0) is 37.6 Å². The lowest BCUT2D eigenvalue weighted by atomic mass is 10.1. The maximum Gasteiger partial charge on any atom is 0.244 e. The topological polar surface area (TPSA) is 55.6 Å². The molecule has 5 heteroatoms. The van der Waals surface area contributed by atoms with Crippen LogP contribution in [-0.4, -0.2) is 35.6 Å². The zero-order valence-corrected chi connectivity index (χ0v) is 15.3. The minimum atomic E-state index is -0.154. The molecule has 1 N–H and O–H groups in total. The summed E-state index contributed by atoms with van der Waals surface area (Å²) in [5.74, 6) is -0.154. The molecule has 0 bridgehead atoms. The summed E-state index contributed by atoms with van der Waals surface area (Å²) < 4.78 is 6.95. The van der Waals surface area contributed by atoms with Gasteiger partial charge in [-0.25, -0.2) is 4.98 Å². The number of aryl methyl sites for hydroxylation is 2. The summed E-state index contributed by atoms with van der Waals surface area (Å²) in [4.78, 5) is 16.8. The zero-order chi connectivity index (χ0) is 18.5. The van der Waals surface area contributed by atoms with E-state index in [-0.39, 0.29) is 5.91 Å². The summed E-state index contributed by atoms with van der Waals surface area (Å²) in [6.45, 7) is 5.07. The van der Waals surface area contributed by atoms with Crippen molar-refractivity contribution in [3.8, 4) is 11.3 Å². The number of carbonyl (C=O) groups excluding carboxylic acids is 1. The average Bonchev–Trinajstić information content (AvgIpc) is 2.98. The van der Waals surface area contributed by atoms with Gasteiger partial charge in [0, 0.05) is 31.5 Å². The second-order valence-electron chi connectivity index (χ2n) is 6.26. The number of pyridine rings is 1. The van der Waals surface area contributed by atoms with Crippen molar-refractivity contribution in [1.82, 2.24) is 14.7 Å². The van der Waals surface area contributed by atoms with Crippen molar-refractivity contribution in [2.45, 2.75) is 13.8 Å². The van der Waals surface area contributed by atoms with Crippen LogP contribution in [0.25, 0.3) is 23.0 Å². The normalized spacial score (nSPS) is 11.3. The van der Waals surface area contributed by atoms with Crippen LogP contribution >= 0.6 is 0 Å². The quantitative estimate of drug-likeness (QED) is 0.548. The predicted molar refractivity (Wildman–Crippen MR) is 104 cm³/mol. The molecule has 0 aliphatic heterocycles. The molecule has 5 nitrogen and oxygen atoms in total. The molecular weight excluding hydrogens is 326 g/mol. The third-order valence-corrected chi connectivity index (χ3v) is 4.14. The van der Waals surface area contributed by atoms with E-state index in [0.717, 1.165) is 28.2 Å². The largest absolute Gasteiger partial charge is 0.383 e. The first-order valence-electron chi connectivity index (χ1n) is 8.59. The van der Waals surface area contributed by atoms with Gasteiger partial charge in [0.25, 0.3) is 0 Å². The van der Waals surface area contributed by atoms with Crippen molar-refractivity contribution in [3.63, 3.8) is 0 Å². The predicted octanol–water partition coefficient (Wildman–Crippen LogP) is 3.39. The number of imidazole rings is 1. The van der Waals surface area contributed by atoms with Gasteiger partial charge in [-0.3, -0.25) is 9.20 Å². The molecule has 134 valence electrons. The average molecular weight is 349 g/mol. The van der Waals surface area contributed by atoms with Crippen molar-refractivity contribution >= 4 is 17.6 Å². The smallest absolute Gasteiger partial charge is 0.244 e. The molecular formula is C21H23N3O2. The molecule has 26 heavy (non-hydrogen) atoms. The highest BCUT2D eigenvalue weighted by Gasteiger charge is 2.12. The van der Waals surface area contributed by atoms with Crippen LogP contribution in [0.1, 0.15) is 16.8 Å². The van der Waals surface area contributed by atoms with Crippen LogP contribution in [0.15, 0.2) is 48.7 Å². The Balaban J connectivity index is 2.00. The van der Waals surface area contributed by atoms with Gasteiger partial charge >= 0.3 is 0 Å². The van der Waals surface area contributed by atoms with Crippen LogP contribution in [0.3, 0.4) is 0 Å². The standard InChI is InChI=1S/C21H23N3O2/c1-15-4-6-17(7-5-15)21-18(8-9-20(25)22-11-13-26-3)24-12-10-16(2)14-19(24)23-21/h4-10,12,14H,11,13H2,1-3H3,(H,22,25)/b9-8+. The molecule has 0 aliphatic carbocycles. The second kappa shape index (κ2) is 7.97. The monoisotopic (exact) mass is 349 g/mol. The van der Waals surface area contributed by atoms with Crippen molar-refractivity contribution in [2.24, 2.45) is 0 Å². The number of carbonyl (C=O) groups is 1. The summed E-state index contributed by atoms with van der Waals surface area (Å²) in [5.41, 5.74) is 5.97. The number of aromatic nitrogens is 2. The first-order valence-corrected chi connectivity index (χ1v) is 8.59. The van der Waals surface area contributed by atoms with Gasteiger partial charge in [-0.15, -0.1) is 0 Å². The van der Waals surface area contributed by atoms with Gasteiger partial charge in [-0.2, -0.15) is 0 Å². The number of nitrogens with one attached hydrogen (secondary N) is 1. The Morgan fingerprint density at radius 1 is 1.19 bits per heavy atom. The lowest BCUT2D eigenvalue weighted by Gasteiger charge is -2.03. The molecule has 0 saturated heterocycles. The van der Waals surface area contributed by atoms with E-state index < -0.39 is 0 Å². The number of benzene rings is 1. The number of fused-ring (bicyclic) bond motifs is 1. The number of hydrogen-bond donors (Lipinski definition) is 1. The van der Waals surface area contributed by atoms with Crippen LogP contribution in [0.4, 0.5) is 0 Å². The Kier molecular flexibility index (Phi) is 5.49. The van der Waals surface area contributed by atoms with Crippen LogP contribution < -0.4 is 5.32 Å². The van der Waals surface area contributed by atoms with Crippen LogP contribution in [0, 0.1) is 13.8 Å². The van der Waals surface area contributed by atoms with Gasteiger partial charge in [0.2, 0.25) is 5.91 Å². The molecule has 0 radical (unpaired) electrons. The molecule has 2 heterocycles. The molecule has 0 saturated carbocycles. The molecule has 0 unspecified atom stereocenters. The van der Waals surface area contributed by atoms with E-state index in [1.165, 1.54) is 11.6 Å². The Hall–Kier alpha value is -2.92. The van der Waals surface area contributed by atoms with E-state index in [1.807, 2.05) is 35.7 Å². The first kappa shape index (κ1) is 17.9. The van der Waals surface area contributed by atoms with Crippen LogP contribution in [0.5, 0.6) is 0 Å². The molecule has 0 aliphatic rings. The van der Waals surface area contributed by atoms with Gasteiger partial charge in [0.05, 0.1) is 18.0 Å². The Morgan fingerprint density at radius 3 is 2.69 bits per heavy atom. The van der Waals surface area contributed by atoms with E-state index in [4.69, 9.17) is 9.72 Å². The molecule has 2 aromatic heterocycles. The van der Waals surface area contributed by atoms with Crippen molar-refractivity contribution < 1.29 is 9.53 Å². The fourth-order valence-corrected chi connectivity index (χ4v) is 2.74. The van der Waals surface area contributed by atoms with E-state index in [1.54, 1.807) is 7.11 Å². The Morgan fingerprint density at radius 2 is 1.96 bits per heavy atom. The third-order valence-electron chi connectivity index (χ3n) is 4.14. The fraction of sp³-hybridized carbons (Fsp3) is 0.238. The molecule has 0 fully saturated rings. The third kappa shape index (κ3) is 4.00. The minimum Gasteiger partial charge on any atom is -0.383 e. The maximum atomic E-state index is 12.0. The lowest BCUT2D eigenvalue weighted by Crippen LogP contribution is -2.24. The molecule has 1 amide bonds. The van der Waals surface area contributed by atoms with E-state index >= 15 is 0 Å². The van der Waals surface area contributed by atoms with Crippen molar-refractivity contribution in [3.05, 3.63) is 65.5 Å². The number of rotatable bonds is 6. The summed E-state index contributed by atoms with van der Waals surface area (Å²) in [6, 6.07) is 12.3. The van der Waals surface area contributed by atoms with E-state index in [2.05, 4.69) is 36.5 Å². The number of amides is 1. The summed E-state index contributed by atoms with van der Waals surface area (Å²) in [5, 5.41) is 2.79.